The van der Waals surface area contributed by atoms with Crippen molar-refractivity contribution in [1.82, 2.24) is 5.43 Å². The van der Waals surface area contributed by atoms with Crippen molar-refractivity contribution < 1.29 is 17.6 Å². The summed E-state index contributed by atoms with van der Waals surface area (Å²) in [5.41, 5.74) is 1.42. The van der Waals surface area contributed by atoms with Crippen LogP contribution in [0, 0.1) is 11.7 Å². The highest BCUT2D eigenvalue weighted by molar-refractivity contribution is 5.33. The lowest BCUT2D eigenvalue weighted by atomic mass is 9.89. The van der Waals surface area contributed by atoms with Crippen LogP contribution in [0.2, 0.25) is 0 Å². The average molecular weight is 292 g/mol. The van der Waals surface area contributed by atoms with Gasteiger partial charge in [-0.15, -0.1) is 0 Å². The normalized spacial score (nSPS) is 13.8. The third-order valence-electron chi connectivity index (χ3n) is 3.62. The number of nitrogens with two attached hydrogens (primary N) is 1. The van der Waals surface area contributed by atoms with Crippen LogP contribution < -0.4 is 11.3 Å². The second kappa shape index (κ2) is 7.04. The standard InChI is InChI=1S/C14H20F4N2/c1-3-9(4-2)7-13(20-19)11-8-10(15)5-6-12(11)14(16,17)18/h5-6,8-9,13,20H,3-4,7,19H2,1-2H3. The molecule has 0 aromatic heterocycles. The molecule has 0 amide bonds. The van der Waals surface area contributed by atoms with Crippen molar-refractivity contribution in [3.05, 3.63) is 35.1 Å². The summed E-state index contributed by atoms with van der Waals surface area (Å²) in [5.74, 6) is 4.92. The third kappa shape index (κ3) is 4.18. The summed E-state index contributed by atoms with van der Waals surface area (Å²) in [7, 11) is 0. The highest BCUT2D eigenvalue weighted by atomic mass is 19.4. The van der Waals surface area contributed by atoms with Gasteiger partial charge in [0.2, 0.25) is 0 Å². The molecule has 0 aliphatic carbocycles. The smallest absolute Gasteiger partial charge is 0.271 e. The Morgan fingerprint density at radius 1 is 1.20 bits per heavy atom. The fraction of sp³-hybridized carbons (Fsp3) is 0.571. The zero-order chi connectivity index (χ0) is 15.3. The minimum Gasteiger partial charge on any atom is -0.271 e. The minimum atomic E-state index is -4.52. The van der Waals surface area contributed by atoms with Gasteiger partial charge in [-0.2, -0.15) is 13.2 Å². The van der Waals surface area contributed by atoms with Gasteiger partial charge in [-0.1, -0.05) is 26.7 Å². The predicted octanol–water partition coefficient (Wildman–Crippen LogP) is 4.18. The molecule has 0 aliphatic rings. The van der Waals surface area contributed by atoms with Gasteiger partial charge in [-0.25, -0.2) is 4.39 Å². The van der Waals surface area contributed by atoms with Gasteiger partial charge >= 0.3 is 6.18 Å². The van der Waals surface area contributed by atoms with E-state index in [4.69, 9.17) is 5.84 Å². The molecule has 1 atom stereocenters. The highest BCUT2D eigenvalue weighted by Crippen LogP contribution is 2.37. The van der Waals surface area contributed by atoms with Crippen LogP contribution in [0.5, 0.6) is 0 Å². The van der Waals surface area contributed by atoms with E-state index in [1.165, 1.54) is 0 Å². The maximum atomic E-state index is 13.3. The molecule has 1 unspecified atom stereocenters. The van der Waals surface area contributed by atoms with E-state index in [9.17, 15) is 17.6 Å². The quantitative estimate of drug-likeness (QED) is 0.469. The van der Waals surface area contributed by atoms with Crippen LogP contribution in [0.4, 0.5) is 17.6 Å². The van der Waals surface area contributed by atoms with Gasteiger partial charge in [0.05, 0.1) is 5.56 Å². The first-order valence-electron chi connectivity index (χ1n) is 6.66. The van der Waals surface area contributed by atoms with E-state index in [2.05, 4.69) is 5.43 Å². The second-order valence-electron chi connectivity index (χ2n) is 4.87. The van der Waals surface area contributed by atoms with E-state index in [-0.39, 0.29) is 11.5 Å². The fourth-order valence-corrected chi connectivity index (χ4v) is 2.32. The van der Waals surface area contributed by atoms with Crippen LogP contribution in [0.1, 0.15) is 50.3 Å². The summed E-state index contributed by atoms with van der Waals surface area (Å²) in [6.07, 6.45) is -2.40. The first kappa shape index (κ1) is 16.9. The third-order valence-corrected chi connectivity index (χ3v) is 3.62. The summed E-state index contributed by atoms with van der Waals surface area (Å²) in [4.78, 5) is 0. The minimum absolute atomic E-state index is 0.132. The van der Waals surface area contributed by atoms with Crippen molar-refractivity contribution in [1.29, 1.82) is 0 Å². The number of hydrazine groups is 1. The Balaban J connectivity index is 3.16. The fourth-order valence-electron chi connectivity index (χ4n) is 2.32. The maximum absolute atomic E-state index is 13.3. The monoisotopic (exact) mass is 292 g/mol. The molecule has 0 fully saturated rings. The molecule has 2 nitrogen and oxygen atoms in total. The lowest BCUT2D eigenvalue weighted by Crippen LogP contribution is -2.31. The number of alkyl halides is 3. The van der Waals surface area contributed by atoms with E-state index in [0.29, 0.717) is 6.42 Å². The Morgan fingerprint density at radius 2 is 1.80 bits per heavy atom. The van der Waals surface area contributed by atoms with Crippen LogP contribution in [0.15, 0.2) is 18.2 Å². The molecule has 1 aromatic rings. The molecule has 1 rings (SSSR count). The summed E-state index contributed by atoms with van der Waals surface area (Å²) in [5, 5.41) is 0. The number of benzene rings is 1. The van der Waals surface area contributed by atoms with Crippen LogP contribution in [-0.4, -0.2) is 0 Å². The highest BCUT2D eigenvalue weighted by Gasteiger charge is 2.35. The molecule has 0 bridgehead atoms. The van der Waals surface area contributed by atoms with E-state index in [1.54, 1.807) is 0 Å². The van der Waals surface area contributed by atoms with Gasteiger partial charge in [0.25, 0.3) is 0 Å². The molecular weight excluding hydrogens is 272 g/mol. The molecule has 0 aliphatic heterocycles. The molecule has 114 valence electrons. The van der Waals surface area contributed by atoms with Crippen LogP contribution >= 0.6 is 0 Å². The van der Waals surface area contributed by atoms with Crippen LogP contribution in [-0.2, 0) is 6.18 Å². The molecule has 0 heterocycles. The van der Waals surface area contributed by atoms with Crippen molar-refractivity contribution in [2.24, 2.45) is 11.8 Å². The summed E-state index contributed by atoms with van der Waals surface area (Å²) in [6, 6.07) is 1.78. The lowest BCUT2D eigenvalue weighted by molar-refractivity contribution is -0.138. The number of rotatable bonds is 6. The average Bonchev–Trinajstić information content (AvgIpc) is 2.38. The van der Waals surface area contributed by atoms with E-state index in [0.717, 1.165) is 31.0 Å². The topological polar surface area (TPSA) is 38.0 Å². The van der Waals surface area contributed by atoms with Crippen molar-refractivity contribution in [3.63, 3.8) is 0 Å². The molecule has 0 saturated carbocycles. The van der Waals surface area contributed by atoms with Gasteiger partial charge in [-0.05, 0) is 36.1 Å². The first-order chi connectivity index (χ1) is 9.33. The largest absolute Gasteiger partial charge is 0.416 e. The van der Waals surface area contributed by atoms with Crippen LogP contribution in [0.25, 0.3) is 0 Å². The summed E-state index contributed by atoms with van der Waals surface area (Å²) in [6.45, 7) is 3.94. The Bertz CT molecular complexity index is 428. The number of hydrogen-bond donors (Lipinski definition) is 2. The van der Waals surface area contributed by atoms with E-state index < -0.39 is 23.6 Å². The number of halogens is 4. The SMILES string of the molecule is CCC(CC)CC(NN)c1cc(F)ccc1C(F)(F)F. The lowest BCUT2D eigenvalue weighted by Gasteiger charge is -2.24. The molecule has 1 aromatic carbocycles. The molecule has 0 radical (unpaired) electrons. The molecular formula is C14H20F4N2. The number of hydrogen-bond acceptors (Lipinski definition) is 2. The first-order valence-corrected chi connectivity index (χ1v) is 6.66. The zero-order valence-corrected chi connectivity index (χ0v) is 11.6. The van der Waals surface area contributed by atoms with Gasteiger partial charge in [0.15, 0.2) is 0 Å². The van der Waals surface area contributed by atoms with Gasteiger partial charge < -0.3 is 0 Å². The molecule has 6 heteroatoms. The van der Waals surface area contributed by atoms with Crippen LogP contribution in [0.3, 0.4) is 0 Å². The second-order valence-corrected chi connectivity index (χ2v) is 4.87. The van der Waals surface area contributed by atoms with Crippen molar-refractivity contribution in [3.8, 4) is 0 Å². The van der Waals surface area contributed by atoms with Gasteiger partial charge in [0.1, 0.15) is 5.82 Å². The van der Waals surface area contributed by atoms with Crippen molar-refractivity contribution in [2.75, 3.05) is 0 Å². The number of nitrogens with one attached hydrogen (secondary N) is 1. The van der Waals surface area contributed by atoms with Gasteiger partial charge in [0, 0.05) is 6.04 Å². The zero-order valence-electron chi connectivity index (χ0n) is 11.6. The van der Waals surface area contributed by atoms with E-state index in [1.807, 2.05) is 13.8 Å². The Labute approximate surface area is 116 Å². The Kier molecular flexibility index (Phi) is 5.95. The van der Waals surface area contributed by atoms with E-state index >= 15 is 0 Å². The molecule has 20 heavy (non-hydrogen) atoms. The Hall–Kier alpha value is -1.14. The van der Waals surface area contributed by atoms with Crippen molar-refractivity contribution >= 4 is 0 Å². The Morgan fingerprint density at radius 3 is 2.25 bits per heavy atom. The maximum Gasteiger partial charge on any atom is 0.416 e. The summed E-state index contributed by atoms with van der Waals surface area (Å²) < 4.78 is 52.3. The van der Waals surface area contributed by atoms with Gasteiger partial charge in [-0.3, -0.25) is 11.3 Å². The summed E-state index contributed by atoms with van der Waals surface area (Å²) >= 11 is 0. The molecule has 0 spiro atoms. The van der Waals surface area contributed by atoms with Crippen molar-refractivity contribution in [2.45, 2.75) is 45.3 Å². The predicted molar refractivity (Wildman–Crippen MR) is 70.2 cm³/mol. The molecule has 0 saturated heterocycles. The molecule has 3 N–H and O–H groups in total.